The third kappa shape index (κ3) is 2.93. The maximum absolute atomic E-state index is 6.04. The van der Waals surface area contributed by atoms with Gasteiger partial charge in [-0.1, -0.05) is 17.7 Å². The highest BCUT2D eigenvalue weighted by Gasteiger charge is 2.23. The van der Waals surface area contributed by atoms with E-state index >= 15 is 0 Å². The second-order valence-corrected chi connectivity index (χ2v) is 5.20. The van der Waals surface area contributed by atoms with Crippen LogP contribution in [0.5, 0.6) is 0 Å². The van der Waals surface area contributed by atoms with Crippen LogP contribution in [-0.2, 0) is 10.6 Å². The van der Waals surface area contributed by atoms with Gasteiger partial charge in [-0.05, 0) is 32.4 Å². The minimum atomic E-state index is 0.281. The van der Waals surface area contributed by atoms with Crippen LogP contribution in [0.3, 0.4) is 0 Å². The van der Waals surface area contributed by atoms with Gasteiger partial charge in [-0.3, -0.25) is 0 Å². The number of ether oxygens (including phenoxy) is 1. The quantitative estimate of drug-likeness (QED) is 0.750. The SMILES string of the molecule is Cc1ccc(N2C[C@@H](C)O[C@@H](C)C2)c(CCl)c1. The Balaban J connectivity index is 2.26. The molecule has 1 heterocycles. The maximum atomic E-state index is 6.04. The summed E-state index contributed by atoms with van der Waals surface area (Å²) in [6, 6.07) is 6.50. The fraction of sp³-hybridized carbons (Fsp3) is 0.571. The first-order chi connectivity index (χ1) is 8.10. The molecule has 1 saturated heterocycles. The lowest BCUT2D eigenvalue weighted by atomic mass is 10.1. The Kier molecular flexibility index (Phi) is 3.95. The van der Waals surface area contributed by atoms with Crippen LogP contribution in [0, 0.1) is 6.92 Å². The molecule has 1 aliphatic heterocycles. The van der Waals surface area contributed by atoms with Crippen molar-refractivity contribution in [2.24, 2.45) is 0 Å². The summed E-state index contributed by atoms with van der Waals surface area (Å²) in [7, 11) is 0. The molecule has 1 aromatic rings. The molecule has 0 amide bonds. The first-order valence-electron chi connectivity index (χ1n) is 6.16. The van der Waals surface area contributed by atoms with E-state index in [1.807, 2.05) is 0 Å². The van der Waals surface area contributed by atoms with Crippen LogP contribution in [0.4, 0.5) is 5.69 Å². The van der Waals surface area contributed by atoms with Crippen LogP contribution in [0.25, 0.3) is 0 Å². The molecule has 2 nitrogen and oxygen atoms in total. The van der Waals surface area contributed by atoms with E-state index in [4.69, 9.17) is 16.3 Å². The number of aryl methyl sites for hydroxylation is 1. The summed E-state index contributed by atoms with van der Waals surface area (Å²) in [5.74, 6) is 0.567. The molecule has 2 atom stereocenters. The Bertz CT molecular complexity index is 384. The molecule has 1 aromatic carbocycles. The molecule has 1 aliphatic rings. The summed E-state index contributed by atoms with van der Waals surface area (Å²) in [5, 5.41) is 0. The van der Waals surface area contributed by atoms with Crippen molar-refractivity contribution >= 4 is 17.3 Å². The van der Waals surface area contributed by atoms with Crippen LogP contribution < -0.4 is 4.90 Å². The number of halogens is 1. The Morgan fingerprint density at radius 1 is 1.29 bits per heavy atom. The van der Waals surface area contributed by atoms with Crippen molar-refractivity contribution in [1.29, 1.82) is 0 Å². The van der Waals surface area contributed by atoms with Gasteiger partial charge in [0, 0.05) is 24.7 Å². The lowest BCUT2D eigenvalue weighted by molar-refractivity contribution is -0.00524. The van der Waals surface area contributed by atoms with E-state index < -0.39 is 0 Å². The molecule has 0 aromatic heterocycles. The summed E-state index contributed by atoms with van der Waals surface area (Å²) in [6.45, 7) is 8.23. The molecule has 0 bridgehead atoms. The van der Waals surface area contributed by atoms with Crippen molar-refractivity contribution in [3.05, 3.63) is 29.3 Å². The number of benzene rings is 1. The predicted molar refractivity (Wildman–Crippen MR) is 73.0 cm³/mol. The van der Waals surface area contributed by atoms with E-state index in [9.17, 15) is 0 Å². The largest absolute Gasteiger partial charge is 0.372 e. The fourth-order valence-electron chi connectivity index (χ4n) is 2.50. The van der Waals surface area contributed by atoms with Crippen molar-refractivity contribution in [1.82, 2.24) is 0 Å². The van der Waals surface area contributed by atoms with Gasteiger partial charge in [0.15, 0.2) is 0 Å². The molecule has 0 unspecified atom stereocenters. The number of alkyl halides is 1. The molecule has 2 rings (SSSR count). The maximum Gasteiger partial charge on any atom is 0.0726 e. The van der Waals surface area contributed by atoms with E-state index in [0.717, 1.165) is 13.1 Å². The van der Waals surface area contributed by atoms with Gasteiger partial charge in [0.2, 0.25) is 0 Å². The van der Waals surface area contributed by atoms with Gasteiger partial charge in [0.25, 0.3) is 0 Å². The number of morpholine rings is 1. The minimum absolute atomic E-state index is 0.281. The normalized spacial score (nSPS) is 25.1. The van der Waals surface area contributed by atoms with Gasteiger partial charge < -0.3 is 9.64 Å². The first kappa shape index (κ1) is 12.7. The topological polar surface area (TPSA) is 12.5 Å². The second-order valence-electron chi connectivity index (χ2n) is 4.93. The third-order valence-electron chi connectivity index (χ3n) is 3.14. The van der Waals surface area contributed by atoms with E-state index in [1.165, 1.54) is 16.8 Å². The second kappa shape index (κ2) is 5.28. The van der Waals surface area contributed by atoms with E-state index in [-0.39, 0.29) is 12.2 Å². The van der Waals surface area contributed by atoms with Gasteiger partial charge in [-0.2, -0.15) is 0 Å². The van der Waals surface area contributed by atoms with Crippen molar-refractivity contribution in [2.75, 3.05) is 18.0 Å². The number of anilines is 1. The van der Waals surface area contributed by atoms with E-state index in [0.29, 0.717) is 5.88 Å². The molecule has 0 N–H and O–H groups in total. The van der Waals surface area contributed by atoms with E-state index in [1.54, 1.807) is 0 Å². The molecule has 0 aliphatic carbocycles. The average Bonchev–Trinajstić information content (AvgIpc) is 2.27. The van der Waals surface area contributed by atoms with Crippen LogP contribution in [0.2, 0.25) is 0 Å². The zero-order valence-corrected chi connectivity index (χ0v) is 11.5. The van der Waals surface area contributed by atoms with Crippen molar-refractivity contribution in [2.45, 2.75) is 38.9 Å². The smallest absolute Gasteiger partial charge is 0.0726 e. The molecular formula is C14H20ClNO. The molecular weight excluding hydrogens is 234 g/mol. The van der Waals surface area contributed by atoms with E-state index in [2.05, 4.69) is 43.9 Å². The molecule has 1 fully saturated rings. The van der Waals surface area contributed by atoms with Gasteiger partial charge in [-0.15, -0.1) is 11.6 Å². The van der Waals surface area contributed by atoms with Crippen LogP contribution in [0.1, 0.15) is 25.0 Å². The summed E-state index contributed by atoms with van der Waals surface area (Å²) < 4.78 is 5.76. The summed E-state index contributed by atoms with van der Waals surface area (Å²) in [4.78, 5) is 2.38. The minimum Gasteiger partial charge on any atom is -0.372 e. The number of hydrogen-bond donors (Lipinski definition) is 0. The Morgan fingerprint density at radius 2 is 1.94 bits per heavy atom. The van der Waals surface area contributed by atoms with Crippen LogP contribution >= 0.6 is 11.6 Å². The summed E-state index contributed by atoms with van der Waals surface area (Å²) in [6.07, 6.45) is 0.562. The van der Waals surface area contributed by atoms with Crippen molar-refractivity contribution in [3.63, 3.8) is 0 Å². The van der Waals surface area contributed by atoms with Gasteiger partial charge in [0.05, 0.1) is 12.2 Å². The average molecular weight is 254 g/mol. The van der Waals surface area contributed by atoms with Crippen LogP contribution in [0.15, 0.2) is 18.2 Å². The molecule has 0 spiro atoms. The molecule has 0 radical (unpaired) electrons. The molecule has 3 heteroatoms. The lowest BCUT2D eigenvalue weighted by Gasteiger charge is -2.37. The molecule has 0 saturated carbocycles. The highest BCUT2D eigenvalue weighted by atomic mass is 35.5. The summed E-state index contributed by atoms with van der Waals surface area (Å²) in [5.41, 5.74) is 3.74. The van der Waals surface area contributed by atoms with Gasteiger partial charge in [-0.25, -0.2) is 0 Å². The number of hydrogen-bond acceptors (Lipinski definition) is 2. The standard InChI is InChI=1S/C14H20ClNO/c1-10-4-5-14(13(6-10)7-15)16-8-11(2)17-12(3)9-16/h4-6,11-12H,7-9H2,1-3H3/t11-,12+. The summed E-state index contributed by atoms with van der Waals surface area (Å²) >= 11 is 6.04. The number of rotatable bonds is 2. The van der Waals surface area contributed by atoms with Gasteiger partial charge >= 0.3 is 0 Å². The Morgan fingerprint density at radius 3 is 2.53 bits per heavy atom. The monoisotopic (exact) mass is 253 g/mol. The number of nitrogens with zero attached hydrogens (tertiary/aromatic N) is 1. The van der Waals surface area contributed by atoms with Gasteiger partial charge in [0.1, 0.15) is 0 Å². The highest BCUT2D eigenvalue weighted by Crippen LogP contribution is 2.26. The third-order valence-corrected chi connectivity index (χ3v) is 3.43. The highest BCUT2D eigenvalue weighted by molar-refractivity contribution is 6.17. The fourth-order valence-corrected chi connectivity index (χ4v) is 2.72. The zero-order valence-electron chi connectivity index (χ0n) is 10.7. The Labute approximate surface area is 109 Å². The Hall–Kier alpha value is -0.730. The first-order valence-corrected chi connectivity index (χ1v) is 6.69. The van der Waals surface area contributed by atoms with Crippen molar-refractivity contribution in [3.8, 4) is 0 Å². The van der Waals surface area contributed by atoms with Crippen molar-refractivity contribution < 1.29 is 4.74 Å². The predicted octanol–water partition coefficient (Wildman–Crippen LogP) is 3.35. The molecule has 94 valence electrons. The zero-order chi connectivity index (χ0) is 12.4. The lowest BCUT2D eigenvalue weighted by Crippen LogP contribution is -2.45. The molecule has 17 heavy (non-hydrogen) atoms. The van der Waals surface area contributed by atoms with Crippen LogP contribution in [-0.4, -0.2) is 25.3 Å².